The van der Waals surface area contributed by atoms with Crippen molar-refractivity contribution in [3.8, 4) is 5.88 Å². The summed E-state index contributed by atoms with van der Waals surface area (Å²) in [5.41, 5.74) is -2.49. The van der Waals surface area contributed by atoms with Gasteiger partial charge in [-0.1, -0.05) is 0 Å². The highest BCUT2D eigenvalue weighted by Gasteiger charge is 2.28. The van der Waals surface area contributed by atoms with E-state index in [-0.39, 0.29) is 12.2 Å². The summed E-state index contributed by atoms with van der Waals surface area (Å²) in [5.74, 6) is -0.365. The SMILES string of the molecule is COc1ncc([N+](=O)[O-])c(C(F)F)c1C=O. The number of alkyl halides is 2. The number of methoxy groups -OCH3 is 1. The summed E-state index contributed by atoms with van der Waals surface area (Å²) >= 11 is 0. The van der Waals surface area contributed by atoms with Crippen LogP contribution in [-0.4, -0.2) is 23.3 Å². The van der Waals surface area contributed by atoms with Gasteiger partial charge in [-0.2, -0.15) is 0 Å². The van der Waals surface area contributed by atoms with E-state index < -0.39 is 28.2 Å². The van der Waals surface area contributed by atoms with Gasteiger partial charge < -0.3 is 4.74 Å². The number of rotatable bonds is 4. The molecule has 1 aromatic rings. The van der Waals surface area contributed by atoms with Crippen molar-refractivity contribution in [3.63, 3.8) is 0 Å². The van der Waals surface area contributed by atoms with E-state index in [1.165, 1.54) is 0 Å². The van der Waals surface area contributed by atoms with Crippen molar-refractivity contribution in [2.75, 3.05) is 7.11 Å². The number of halogens is 2. The lowest BCUT2D eigenvalue weighted by Crippen LogP contribution is -2.05. The van der Waals surface area contributed by atoms with Gasteiger partial charge in [-0.05, 0) is 0 Å². The normalized spacial score (nSPS) is 10.2. The minimum absolute atomic E-state index is 0.0559. The van der Waals surface area contributed by atoms with Gasteiger partial charge >= 0.3 is 0 Å². The van der Waals surface area contributed by atoms with E-state index in [4.69, 9.17) is 0 Å². The number of carbonyl (C=O) groups excluding carboxylic acids is 1. The first kappa shape index (κ1) is 12.0. The van der Waals surface area contributed by atoms with Crippen molar-refractivity contribution in [1.82, 2.24) is 4.98 Å². The number of hydrogen-bond donors (Lipinski definition) is 0. The van der Waals surface area contributed by atoms with Crippen molar-refractivity contribution in [2.24, 2.45) is 0 Å². The van der Waals surface area contributed by atoms with Crippen LogP contribution in [0, 0.1) is 10.1 Å². The minimum atomic E-state index is -3.16. The monoisotopic (exact) mass is 232 g/mol. The van der Waals surface area contributed by atoms with Crippen molar-refractivity contribution >= 4 is 12.0 Å². The zero-order valence-corrected chi connectivity index (χ0v) is 8.02. The number of aromatic nitrogens is 1. The number of ether oxygens (including phenoxy) is 1. The molecule has 1 aromatic heterocycles. The number of nitrogens with zero attached hydrogens (tertiary/aromatic N) is 2. The molecule has 86 valence electrons. The highest BCUT2D eigenvalue weighted by molar-refractivity contribution is 5.82. The predicted molar refractivity (Wildman–Crippen MR) is 47.8 cm³/mol. The van der Waals surface area contributed by atoms with Crippen molar-refractivity contribution in [1.29, 1.82) is 0 Å². The van der Waals surface area contributed by atoms with Crippen LogP contribution in [0.4, 0.5) is 14.5 Å². The third-order valence-corrected chi connectivity index (χ3v) is 1.83. The maximum Gasteiger partial charge on any atom is 0.297 e. The first-order chi connectivity index (χ1) is 7.52. The molecule has 0 amide bonds. The Bertz CT molecular complexity index is 436. The smallest absolute Gasteiger partial charge is 0.297 e. The van der Waals surface area contributed by atoms with Crippen LogP contribution in [-0.2, 0) is 0 Å². The van der Waals surface area contributed by atoms with Crippen LogP contribution >= 0.6 is 0 Å². The maximum atomic E-state index is 12.6. The summed E-state index contributed by atoms with van der Waals surface area (Å²) in [4.78, 5) is 23.5. The molecule has 16 heavy (non-hydrogen) atoms. The molecule has 0 aliphatic carbocycles. The largest absolute Gasteiger partial charge is 0.480 e. The lowest BCUT2D eigenvalue weighted by Gasteiger charge is -2.07. The van der Waals surface area contributed by atoms with E-state index in [0.29, 0.717) is 6.20 Å². The first-order valence-corrected chi connectivity index (χ1v) is 3.97. The Labute approximate surface area is 88.0 Å². The van der Waals surface area contributed by atoms with Crippen LogP contribution in [0.1, 0.15) is 22.3 Å². The van der Waals surface area contributed by atoms with Crippen LogP contribution < -0.4 is 4.74 Å². The molecular formula is C8H6F2N2O4. The molecule has 0 atom stereocenters. The third kappa shape index (κ3) is 1.95. The molecule has 0 N–H and O–H groups in total. The molecule has 0 saturated carbocycles. The Morgan fingerprint density at radius 1 is 1.62 bits per heavy atom. The van der Waals surface area contributed by atoms with Crippen molar-refractivity contribution in [2.45, 2.75) is 6.43 Å². The van der Waals surface area contributed by atoms with E-state index >= 15 is 0 Å². The summed E-state index contributed by atoms with van der Waals surface area (Å²) in [5, 5.41) is 10.5. The maximum absolute atomic E-state index is 12.6. The third-order valence-electron chi connectivity index (χ3n) is 1.83. The Morgan fingerprint density at radius 2 is 2.25 bits per heavy atom. The van der Waals surface area contributed by atoms with E-state index in [0.717, 1.165) is 7.11 Å². The molecule has 1 heterocycles. The molecule has 8 heteroatoms. The molecular weight excluding hydrogens is 226 g/mol. The summed E-state index contributed by atoms with van der Waals surface area (Å²) in [7, 11) is 1.12. The summed E-state index contributed by atoms with van der Waals surface area (Å²) in [6, 6.07) is 0. The Morgan fingerprint density at radius 3 is 2.62 bits per heavy atom. The molecule has 0 radical (unpaired) electrons. The van der Waals surface area contributed by atoms with E-state index in [2.05, 4.69) is 9.72 Å². The van der Waals surface area contributed by atoms with Crippen LogP contribution in [0.15, 0.2) is 6.20 Å². The van der Waals surface area contributed by atoms with Gasteiger partial charge in [0, 0.05) is 0 Å². The van der Waals surface area contributed by atoms with Gasteiger partial charge in [0.05, 0.1) is 17.6 Å². The summed E-state index contributed by atoms with van der Waals surface area (Å²) in [6.45, 7) is 0. The molecule has 0 fully saturated rings. The second-order valence-electron chi connectivity index (χ2n) is 2.66. The molecule has 0 aliphatic heterocycles. The van der Waals surface area contributed by atoms with Gasteiger partial charge in [0.2, 0.25) is 5.88 Å². The van der Waals surface area contributed by atoms with Crippen LogP contribution in [0.25, 0.3) is 0 Å². The van der Waals surface area contributed by atoms with Gasteiger partial charge in [-0.3, -0.25) is 14.9 Å². The topological polar surface area (TPSA) is 82.3 Å². The van der Waals surface area contributed by atoms with E-state index in [9.17, 15) is 23.7 Å². The molecule has 0 unspecified atom stereocenters. The fraction of sp³-hybridized carbons (Fsp3) is 0.250. The van der Waals surface area contributed by atoms with Gasteiger partial charge in [-0.15, -0.1) is 0 Å². The van der Waals surface area contributed by atoms with Crippen LogP contribution in [0.5, 0.6) is 5.88 Å². The van der Waals surface area contributed by atoms with E-state index in [1.54, 1.807) is 0 Å². The lowest BCUT2D eigenvalue weighted by molar-refractivity contribution is -0.386. The van der Waals surface area contributed by atoms with Gasteiger partial charge in [0.15, 0.2) is 6.29 Å². The number of aldehydes is 1. The average molecular weight is 232 g/mol. The quantitative estimate of drug-likeness (QED) is 0.448. The van der Waals surface area contributed by atoms with Crippen molar-refractivity contribution in [3.05, 3.63) is 27.4 Å². The Hall–Kier alpha value is -2.12. The van der Waals surface area contributed by atoms with Crippen molar-refractivity contribution < 1.29 is 23.2 Å². The van der Waals surface area contributed by atoms with Gasteiger partial charge in [-0.25, -0.2) is 13.8 Å². The number of hydrogen-bond acceptors (Lipinski definition) is 5. The van der Waals surface area contributed by atoms with E-state index in [1.807, 2.05) is 0 Å². The van der Waals surface area contributed by atoms with Crippen LogP contribution in [0.3, 0.4) is 0 Å². The average Bonchev–Trinajstić information content (AvgIpc) is 2.26. The Balaban J connectivity index is 3.56. The number of pyridine rings is 1. The van der Waals surface area contributed by atoms with Gasteiger partial charge in [0.1, 0.15) is 11.8 Å². The summed E-state index contributed by atoms with van der Waals surface area (Å²) < 4.78 is 29.8. The first-order valence-electron chi connectivity index (χ1n) is 3.97. The second kappa shape index (κ2) is 4.60. The number of nitro groups is 1. The second-order valence-corrected chi connectivity index (χ2v) is 2.66. The highest BCUT2D eigenvalue weighted by Crippen LogP contribution is 2.34. The highest BCUT2D eigenvalue weighted by atomic mass is 19.3. The number of carbonyl (C=O) groups is 1. The van der Waals surface area contributed by atoms with Crippen LogP contribution in [0.2, 0.25) is 0 Å². The molecule has 0 saturated heterocycles. The summed E-state index contributed by atoms with van der Waals surface area (Å²) in [6.07, 6.45) is -2.47. The standard InChI is InChI=1S/C8H6F2N2O4/c1-16-8-4(3-13)6(7(9)10)5(2-11-8)12(14)15/h2-3,7H,1H3. The molecule has 0 bridgehead atoms. The fourth-order valence-electron chi connectivity index (χ4n) is 1.16. The fourth-order valence-corrected chi connectivity index (χ4v) is 1.16. The molecule has 0 aliphatic rings. The van der Waals surface area contributed by atoms with Gasteiger partial charge in [0.25, 0.3) is 12.1 Å². The Kier molecular flexibility index (Phi) is 3.44. The molecule has 0 spiro atoms. The zero-order valence-electron chi connectivity index (χ0n) is 8.02. The minimum Gasteiger partial charge on any atom is -0.480 e. The lowest BCUT2D eigenvalue weighted by atomic mass is 10.1. The predicted octanol–water partition coefficient (Wildman–Crippen LogP) is 1.75. The molecule has 0 aromatic carbocycles. The zero-order chi connectivity index (χ0) is 12.3. The molecule has 1 rings (SSSR count). The molecule has 6 nitrogen and oxygen atoms in total.